The first-order valence-electron chi connectivity index (χ1n) is 27.8. The fourth-order valence-corrected chi connectivity index (χ4v) is 8.76. The van der Waals surface area contributed by atoms with E-state index < -0.39 is 23.8 Å². The lowest BCUT2D eigenvalue weighted by Crippen LogP contribution is -2.18. The van der Waals surface area contributed by atoms with Crippen LogP contribution in [0.5, 0.6) is 0 Å². The van der Waals surface area contributed by atoms with Crippen LogP contribution in [0.25, 0.3) is 11.1 Å². The summed E-state index contributed by atoms with van der Waals surface area (Å²) in [6.45, 7) is 12.0. The van der Waals surface area contributed by atoms with E-state index in [4.69, 9.17) is 18.9 Å². The molecule has 0 N–H and O–H groups in total. The maximum absolute atomic E-state index is 13.9. The third-order valence-electron chi connectivity index (χ3n) is 13.1. The number of esters is 4. The minimum Gasteiger partial charge on any atom is -0.465 e. The summed E-state index contributed by atoms with van der Waals surface area (Å²) < 4.78 is 23.3. The molecule has 0 heterocycles. The molecule has 0 saturated heterocycles. The zero-order valence-corrected chi connectivity index (χ0v) is 43.5. The number of hydrogen-bond donors (Lipinski definition) is 0. The van der Waals surface area contributed by atoms with Crippen molar-refractivity contribution in [1.82, 2.24) is 0 Å². The number of carbonyl (C=O) groups excluding carboxylic acids is 4. The van der Waals surface area contributed by atoms with Gasteiger partial charge in [0.1, 0.15) is 0 Å². The summed E-state index contributed by atoms with van der Waals surface area (Å²) in [4.78, 5) is 55.0. The quantitative estimate of drug-likeness (QED) is 0.0368. The maximum atomic E-state index is 13.9. The van der Waals surface area contributed by atoms with Crippen LogP contribution in [-0.4, -0.2) is 50.3 Å². The van der Waals surface area contributed by atoms with Crippen molar-refractivity contribution in [3.63, 3.8) is 0 Å². The Morgan fingerprint density at radius 3 is 1.13 bits per heavy atom. The third-order valence-corrected chi connectivity index (χ3v) is 13.1. The van der Waals surface area contributed by atoms with E-state index in [1.807, 2.05) is 13.0 Å². The van der Waals surface area contributed by atoms with Gasteiger partial charge in [-0.05, 0) is 73.1 Å². The van der Waals surface area contributed by atoms with Gasteiger partial charge >= 0.3 is 23.9 Å². The molecule has 0 radical (unpaired) electrons. The van der Waals surface area contributed by atoms with Gasteiger partial charge in [0.05, 0.1) is 49.0 Å². The summed E-state index contributed by atoms with van der Waals surface area (Å²) in [6.07, 6.45) is 36.7. The van der Waals surface area contributed by atoms with Gasteiger partial charge in [-0.3, -0.25) is 4.79 Å². The lowest BCUT2D eigenvalue weighted by Gasteiger charge is -2.20. The molecule has 0 bridgehead atoms. The third kappa shape index (κ3) is 26.6. The first-order valence-corrected chi connectivity index (χ1v) is 27.8. The van der Waals surface area contributed by atoms with Crippen molar-refractivity contribution in [2.45, 2.75) is 252 Å². The van der Waals surface area contributed by atoms with E-state index >= 15 is 0 Å². The number of carbonyl (C=O) groups is 4. The van der Waals surface area contributed by atoms with E-state index in [9.17, 15) is 19.2 Å². The van der Waals surface area contributed by atoms with Gasteiger partial charge in [0, 0.05) is 0 Å². The topological polar surface area (TPSA) is 105 Å². The smallest absolute Gasteiger partial charge is 0.339 e. The lowest BCUT2D eigenvalue weighted by molar-refractivity contribution is -0.145. The van der Waals surface area contributed by atoms with Crippen LogP contribution in [0, 0.1) is 0 Å². The second-order valence-electron chi connectivity index (χ2n) is 19.0. The Morgan fingerprint density at radius 1 is 0.373 bits per heavy atom. The van der Waals surface area contributed by atoms with Crippen LogP contribution in [0.15, 0.2) is 36.4 Å². The van der Waals surface area contributed by atoms with Crippen molar-refractivity contribution in [2.75, 3.05) is 26.4 Å². The second-order valence-corrected chi connectivity index (χ2v) is 19.0. The molecule has 0 aliphatic rings. The summed E-state index contributed by atoms with van der Waals surface area (Å²) in [5.74, 6) is -2.58. The van der Waals surface area contributed by atoms with Crippen molar-refractivity contribution in [2.24, 2.45) is 0 Å². The van der Waals surface area contributed by atoms with E-state index in [2.05, 4.69) is 27.7 Å². The van der Waals surface area contributed by atoms with Gasteiger partial charge in [-0.1, -0.05) is 227 Å². The fraction of sp³-hybridized carbons (Fsp3) is 0.729. The largest absolute Gasteiger partial charge is 0.465 e. The molecule has 67 heavy (non-hydrogen) atoms. The van der Waals surface area contributed by atoms with E-state index in [0.29, 0.717) is 41.9 Å². The highest BCUT2D eigenvalue weighted by Crippen LogP contribution is 2.35. The molecule has 8 nitrogen and oxygen atoms in total. The van der Waals surface area contributed by atoms with Crippen molar-refractivity contribution in [3.05, 3.63) is 58.7 Å². The highest BCUT2D eigenvalue weighted by molar-refractivity contribution is 6.04. The fourth-order valence-electron chi connectivity index (χ4n) is 8.76. The monoisotopic (exact) mass is 933 g/mol. The molecule has 8 heteroatoms. The zero-order valence-electron chi connectivity index (χ0n) is 43.5. The predicted molar refractivity (Wildman–Crippen MR) is 277 cm³/mol. The van der Waals surface area contributed by atoms with Crippen LogP contribution >= 0.6 is 0 Å². The van der Waals surface area contributed by atoms with E-state index in [0.717, 1.165) is 77.0 Å². The molecular weight excluding hydrogens is 837 g/mol. The van der Waals surface area contributed by atoms with E-state index in [-0.39, 0.29) is 30.3 Å². The molecular formula is C59H96O8. The first-order chi connectivity index (χ1) is 32.8. The molecule has 2 aromatic rings. The molecule has 0 fully saturated rings. The van der Waals surface area contributed by atoms with Gasteiger partial charge in [0.15, 0.2) is 0 Å². The summed E-state index contributed by atoms with van der Waals surface area (Å²) in [6, 6.07) is 10.4. The van der Waals surface area contributed by atoms with Crippen molar-refractivity contribution in [1.29, 1.82) is 0 Å². The van der Waals surface area contributed by atoms with Crippen LogP contribution in [-0.2, 0) is 23.7 Å². The van der Waals surface area contributed by atoms with Gasteiger partial charge in [-0.2, -0.15) is 0 Å². The van der Waals surface area contributed by atoms with Crippen molar-refractivity contribution >= 4 is 23.9 Å². The highest BCUT2D eigenvalue weighted by atomic mass is 16.5. The zero-order chi connectivity index (χ0) is 48.6. The molecule has 2 aromatic carbocycles. The van der Waals surface area contributed by atoms with Crippen LogP contribution in [0.3, 0.4) is 0 Å². The summed E-state index contributed by atoms with van der Waals surface area (Å²) in [5.41, 5.74) is 2.56. The minimum atomic E-state index is -0.668. The maximum Gasteiger partial charge on any atom is 0.339 e. The normalized spacial score (nSPS) is 11.7. The first kappa shape index (κ1) is 59.4. The molecule has 0 spiro atoms. The average Bonchev–Trinajstić information content (AvgIpc) is 3.34. The number of rotatable bonds is 43. The molecule has 0 saturated carbocycles. The number of hydrogen-bond acceptors (Lipinski definition) is 8. The van der Waals surface area contributed by atoms with E-state index in [1.165, 1.54) is 128 Å². The number of ether oxygens (including phenoxy) is 4. The Morgan fingerprint density at radius 2 is 0.731 bits per heavy atom. The Hall–Kier alpha value is -3.68. The standard InChI is InChI=1S/C59H96O8/c1-6-11-15-19-23-27-31-35-43-64-56(60)50-40-41-52(54(48-50)51(10-5)57(61)65-44-36-32-28-24-20-16-12-7-2)49-39-42-53(58(62)66-45-37-33-29-25-21-17-13-8-3)55(47-49)59(63)67-46-38-34-30-26-22-18-14-9-4/h39-42,47-48,51H,6-38,43-46H2,1-5H3. The molecule has 1 unspecified atom stereocenters. The van der Waals surface area contributed by atoms with Crippen molar-refractivity contribution < 1.29 is 38.1 Å². The van der Waals surface area contributed by atoms with Crippen LogP contribution in [0.1, 0.15) is 289 Å². The minimum absolute atomic E-state index is 0.128. The predicted octanol–water partition coefficient (Wildman–Crippen LogP) is 17.4. The highest BCUT2D eigenvalue weighted by Gasteiger charge is 2.27. The summed E-state index contributed by atoms with van der Waals surface area (Å²) in [5, 5.41) is 0. The summed E-state index contributed by atoms with van der Waals surface area (Å²) >= 11 is 0. The molecule has 380 valence electrons. The van der Waals surface area contributed by atoms with Gasteiger partial charge in [-0.15, -0.1) is 0 Å². The van der Waals surface area contributed by atoms with E-state index in [1.54, 1.807) is 30.3 Å². The Balaban J connectivity index is 2.36. The second kappa shape index (κ2) is 40.2. The van der Waals surface area contributed by atoms with Crippen LogP contribution < -0.4 is 0 Å². The number of benzene rings is 2. The molecule has 0 amide bonds. The van der Waals surface area contributed by atoms with Gasteiger partial charge in [0.2, 0.25) is 0 Å². The molecule has 2 rings (SSSR count). The van der Waals surface area contributed by atoms with Gasteiger partial charge in [-0.25, -0.2) is 14.4 Å². The molecule has 0 aromatic heterocycles. The van der Waals surface area contributed by atoms with Crippen LogP contribution in [0.2, 0.25) is 0 Å². The molecule has 0 aliphatic heterocycles. The van der Waals surface area contributed by atoms with Gasteiger partial charge < -0.3 is 18.9 Å². The molecule has 1 atom stereocenters. The Bertz CT molecular complexity index is 1600. The van der Waals surface area contributed by atoms with Crippen molar-refractivity contribution in [3.8, 4) is 11.1 Å². The lowest BCUT2D eigenvalue weighted by atomic mass is 9.86. The van der Waals surface area contributed by atoms with Gasteiger partial charge in [0.25, 0.3) is 0 Å². The average molecular weight is 933 g/mol. The Kier molecular flexibility index (Phi) is 35.7. The van der Waals surface area contributed by atoms with Crippen LogP contribution in [0.4, 0.5) is 0 Å². The SMILES string of the molecule is CCCCCCCCCCOC(=O)c1ccc(-c2ccc(C(=O)OCCCCCCCCCC)c(C(=O)OCCCCCCCCCC)c2)c(C(CC)C(=O)OCCCCCCCCCC)c1. The summed E-state index contributed by atoms with van der Waals surface area (Å²) in [7, 11) is 0. The molecule has 0 aliphatic carbocycles. The Labute approximate surface area is 409 Å². The number of unbranched alkanes of at least 4 members (excludes halogenated alkanes) is 28.